The summed E-state index contributed by atoms with van der Waals surface area (Å²) < 4.78 is 0. The Hall–Kier alpha value is -2.59. The molecule has 3 heterocycles. The zero-order valence-corrected chi connectivity index (χ0v) is 13.0. The normalized spacial score (nSPS) is 12.2. The first kappa shape index (κ1) is 14.4. The molecule has 0 spiro atoms. The molecule has 3 aromatic rings. The first-order chi connectivity index (χ1) is 10.5. The predicted octanol–water partition coefficient (Wildman–Crippen LogP) is 2.97. The second-order valence-electron chi connectivity index (χ2n) is 4.98. The largest absolute Gasteiger partial charge is 0.384 e. The van der Waals surface area contributed by atoms with Crippen LogP contribution in [0, 0.1) is 18.3 Å². The van der Waals surface area contributed by atoms with Crippen molar-refractivity contribution in [3.8, 4) is 6.07 Å². The number of nitrogen functional groups attached to an aromatic ring is 1. The van der Waals surface area contributed by atoms with E-state index in [0.717, 1.165) is 22.3 Å². The van der Waals surface area contributed by atoms with Gasteiger partial charge in [0.15, 0.2) is 5.16 Å². The summed E-state index contributed by atoms with van der Waals surface area (Å²) in [5.41, 5.74) is 9.02. The molecule has 0 aliphatic rings. The summed E-state index contributed by atoms with van der Waals surface area (Å²) in [6, 6.07) is 7.58. The van der Waals surface area contributed by atoms with E-state index >= 15 is 0 Å². The number of rotatable bonds is 3. The number of aromatic nitrogens is 4. The molecule has 3 rings (SSSR count). The minimum absolute atomic E-state index is 0.0490. The van der Waals surface area contributed by atoms with Crippen molar-refractivity contribution in [2.24, 2.45) is 0 Å². The van der Waals surface area contributed by atoms with Crippen molar-refractivity contribution in [1.29, 1.82) is 5.26 Å². The van der Waals surface area contributed by atoms with Gasteiger partial charge in [-0.1, -0.05) is 11.8 Å². The zero-order chi connectivity index (χ0) is 15.7. The average Bonchev–Trinajstić information content (AvgIpc) is 2.85. The highest BCUT2D eigenvalue weighted by atomic mass is 32.2. The maximum Gasteiger partial charge on any atom is 0.191 e. The molecule has 0 radical (unpaired) electrons. The molecule has 6 nitrogen and oxygen atoms in total. The number of aryl methyl sites for hydroxylation is 1. The standard InChI is InChI=1S/C15H14N6S/c1-8-3-10-4-12(18-7-13(10)19-8)9(2)22-15-20-11(6-16)5-14(17)21-15/h3-5,7,9,19H,1-2H3,(H2,17,20,21). The summed E-state index contributed by atoms with van der Waals surface area (Å²) in [5.74, 6) is 0.297. The third-order valence-corrected chi connectivity index (χ3v) is 4.19. The van der Waals surface area contributed by atoms with Crippen LogP contribution in [0.4, 0.5) is 5.82 Å². The second-order valence-corrected chi connectivity index (χ2v) is 6.29. The van der Waals surface area contributed by atoms with Crippen LogP contribution in [0.5, 0.6) is 0 Å². The molecule has 22 heavy (non-hydrogen) atoms. The Bertz CT molecular complexity index is 879. The number of nitriles is 1. The van der Waals surface area contributed by atoms with Crippen LogP contribution in [-0.2, 0) is 0 Å². The number of aromatic amines is 1. The fourth-order valence-electron chi connectivity index (χ4n) is 2.19. The first-order valence-electron chi connectivity index (χ1n) is 6.72. The Labute approximate surface area is 131 Å². The molecule has 0 saturated carbocycles. The summed E-state index contributed by atoms with van der Waals surface area (Å²) in [7, 11) is 0. The van der Waals surface area contributed by atoms with Crippen LogP contribution in [-0.4, -0.2) is 19.9 Å². The third kappa shape index (κ3) is 2.87. The lowest BCUT2D eigenvalue weighted by atomic mass is 10.2. The highest BCUT2D eigenvalue weighted by Gasteiger charge is 2.13. The van der Waals surface area contributed by atoms with Crippen LogP contribution in [0.3, 0.4) is 0 Å². The summed E-state index contributed by atoms with van der Waals surface area (Å²) in [6.07, 6.45) is 1.83. The lowest BCUT2D eigenvalue weighted by molar-refractivity contribution is 0.936. The van der Waals surface area contributed by atoms with E-state index in [2.05, 4.69) is 26.0 Å². The number of fused-ring (bicyclic) bond motifs is 1. The SMILES string of the molecule is Cc1cc2cc(C(C)Sc3nc(N)cc(C#N)n3)ncc2[nH]1. The van der Waals surface area contributed by atoms with Crippen molar-refractivity contribution >= 4 is 28.5 Å². The third-order valence-electron chi connectivity index (χ3n) is 3.20. The van der Waals surface area contributed by atoms with Crippen molar-refractivity contribution in [3.63, 3.8) is 0 Å². The van der Waals surface area contributed by atoms with Gasteiger partial charge < -0.3 is 10.7 Å². The van der Waals surface area contributed by atoms with E-state index in [1.807, 2.05) is 32.2 Å². The molecule has 1 unspecified atom stereocenters. The van der Waals surface area contributed by atoms with Crippen LogP contribution in [0.25, 0.3) is 10.9 Å². The smallest absolute Gasteiger partial charge is 0.191 e. The van der Waals surface area contributed by atoms with Crippen molar-refractivity contribution in [3.05, 3.63) is 41.5 Å². The zero-order valence-electron chi connectivity index (χ0n) is 12.2. The second kappa shape index (κ2) is 5.66. The van der Waals surface area contributed by atoms with E-state index in [1.165, 1.54) is 17.8 Å². The lowest BCUT2D eigenvalue weighted by Gasteiger charge is -2.10. The molecule has 3 N–H and O–H groups in total. The predicted molar refractivity (Wildman–Crippen MR) is 86.3 cm³/mol. The van der Waals surface area contributed by atoms with Gasteiger partial charge in [-0.3, -0.25) is 4.98 Å². The minimum atomic E-state index is 0.0490. The fraction of sp³-hybridized carbons (Fsp3) is 0.200. The average molecular weight is 310 g/mol. The van der Waals surface area contributed by atoms with Gasteiger partial charge in [-0.05, 0) is 26.0 Å². The van der Waals surface area contributed by atoms with E-state index in [1.54, 1.807) is 0 Å². The van der Waals surface area contributed by atoms with Gasteiger partial charge in [-0.25, -0.2) is 9.97 Å². The van der Waals surface area contributed by atoms with E-state index in [0.29, 0.717) is 11.0 Å². The molecule has 110 valence electrons. The summed E-state index contributed by atoms with van der Waals surface area (Å²) in [4.78, 5) is 16.0. The molecule has 0 aliphatic heterocycles. The van der Waals surface area contributed by atoms with Crippen LogP contribution < -0.4 is 5.73 Å². The number of H-pyrrole nitrogens is 1. The highest BCUT2D eigenvalue weighted by molar-refractivity contribution is 7.99. The van der Waals surface area contributed by atoms with Crippen LogP contribution in [0.1, 0.15) is 29.3 Å². The Morgan fingerprint density at radius 1 is 1.32 bits per heavy atom. The molecule has 0 amide bonds. The Morgan fingerprint density at radius 2 is 2.14 bits per heavy atom. The summed E-state index contributed by atoms with van der Waals surface area (Å²) in [6.45, 7) is 4.04. The number of nitrogens with two attached hydrogens (primary N) is 1. The van der Waals surface area contributed by atoms with Gasteiger partial charge in [-0.15, -0.1) is 0 Å². The van der Waals surface area contributed by atoms with E-state index < -0.39 is 0 Å². The van der Waals surface area contributed by atoms with Crippen molar-refractivity contribution < 1.29 is 0 Å². The number of nitrogens with zero attached hydrogens (tertiary/aromatic N) is 4. The number of hydrogen-bond acceptors (Lipinski definition) is 6. The van der Waals surface area contributed by atoms with Gasteiger partial charge in [0.25, 0.3) is 0 Å². The molecule has 0 saturated heterocycles. The topological polar surface area (TPSA) is 104 Å². The van der Waals surface area contributed by atoms with E-state index in [9.17, 15) is 0 Å². The van der Waals surface area contributed by atoms with E-state index in [4.69, 9.17) is 11.0 Å². The Morgan fingerprint density at radius 3 is 2.91 bits per heavy atom. The molecule has 0 bridgehead atoms. The number of nitrogens with one attached hydrogen (secondary N) is 1. The number of thioether (sulfide) groups is 1. The van der Waals surface area contributed by atoms with E-state index in [-0.39, 0.29) is 10.9 Å². The number of pyridine rings is 1. The van der Waals surface area contributed by atoms with Crippen LogP contribution in [0.2, 0.25) is 0 Å². The lowest BCUT2D eigenvalue weighted by Crippen LogP contribution is -1.99. The van der Waals surface area contributed by atoms with Crippen molar-refractivity contribution in [1.82, 2.24) is 19.9 Å². The van der Waals surface area contributed by atoms with Gasteiger partial charge in [-0.2, -0.15) is 5.26 Å². The van der Waals surface area contributed by atoms with Gasteiger partial charge >= 0.3 is 0 Å². The Balaban J connectivity index is 1.88. The maximum absolute atomic E-state index is 8.94. The minimum Gasteiger partial charge on any atom is -0.384 e. The first-order valence-corrected chi connectivity index (χ1v) is 7.59. The molecule has 7 heteroatoms. The monoisotopic (exact) mass is 310 g/mol. The number of hydrogen-bond donors (Lipinski definition) is 2. The maximum atomic E-state index is 8.94. The highest BCUT2D eigenvalue weighted by Crippen LogP contribution is 2.33. The van der Waals surface area contributed by atoms with Crippen molar-refractivity contribution in [2.45, 2.75) is 24.3 Å². The molecule has 0 fully saturated rings. The van der Waals surface area contributed by atoms with Gasteiger partial charge in [0.05, 0.1) is 22.7 Å². The van der Waals surface area contributed by atoms with Crippen molar-refractivity contribution in [2.75, 3.05) is 5.73 Å². The van der Waals surface area contributed by atoms with Gasteiger partial charge in [0.1, 0.15) is 17.6 Å². The van der Waals surface area contributed by atoms with Gasteiger partial charge in [0, 0.05) is 17.1 Å². The summed E-state index contributed by atoms with van der Waals surface area (Å²) in [5, 5.41) is 10.6. The molecule has 0 aliphatic carbocycles. The quantitative estimate of drug-likeness (QED) is 0.569. The fourth-order valence-corrected chi connectivity index (χ4v) is 3.06. The number of anilines is 1. The van der Waals surface area contributed by atoms with Gasteiger partial charge in [0.2, 0.25) is 0 Å². The molecular formula is C15H14N6S. The van der Waals surface area contributed by atoms with Crippen LogP contribution >= 0.6 is 11.8 Å². The molecule has 1 atom stereocenters. The molecular weight excluding hydrogens is 296 g/mol. The Kier molecular flexibility index (Phi) is 3.69. The molecule has 3 aromatic heterocycles. The molecule has 0 aromatic carbocycles. The van der Waals surface area contributed by atoms with Crippen LogP contribution in [0.15, 0.2) is 29.6 Å². The summed E-state index contributed by atoms with van der Waals surface area (Å²) >= 11 is 1.43.